The molecule has 0 atom stereocenters. The number of hydrogen-bond acceptors (Lipinski definition) is 2. The molecule has 2 rings (SSSR count). The Morgan fingerprint density at radius 1 is 0.905 bits per heavy atom. The van der Waals surface area contributed by atoms with E-state index in [9.17, 15) is 0 Å². The minimum Gasteiger partial charge on any atom is -0.308 e. The molecule has 1 saturated carbocycles. The van der Waals surface area contributed by atoms with Crippen LogP contribution in [0.25, 0.3) is 0 Å². The van der Waals surface area contributed by atoms with Gasteiger partial charge in [0.2, 0.25) is 0 Å². The Hall–Kier alpha value is -0.890. The van der Waals surface area contributed by atoms with E-state index in [-0.39, 0.29) is 0 Å². The summed E-state index contributed by atoms with van der Waals surface area (Å²) in [5, 5.41) is 3.75. The van der Waals surface area contributed by atoms with Gasteiger partial charge in [0.1, 0.15) is 0 Å². The van der Waals surface area contributed by atoms with E-state index in [1.54, 1.807) is 0 Å². The van der Waals surface area contributed by atoms with Gasteiger partial charge in [0.05, 0.1) is 5.69 Å². The Labute approximate surface area is 130 Å². The second-order valence-electron chi connectivity index (χ2n) is 6.61. The van der Waals surface area contributed by atoms with Crippen LogP contribution in [-0.2, 0) is 6.54 Å². The van der Waals surface area contributed by atoms with Crippen molar-refractivity contribution in [3.8, 4) is 0 Å². The van der Waals surface area contributed by atoms with Crippen molar-refractivity contribution in [1.82, 2.24) is 10.3 Å². The van der Waals surface area contributed by atoms with E-state index in [1.165, 1.54) is 76.3 Å². The lowest BCUT2D eigenvalue weighted by Gasteiger charge is -2.19. The number of nitrogens with one attached hydrogen (secondary N) is 1. The Kier molecular flexibility index (Phi) is 7.80. The predicted octanol–water partition coefficient (Wildman–Crippen LogP) is 5.15. The number of aryl methyl sites for hydroxylation is 1. The second kappa shape index (κ2) is 9.94. The Morgan fingerprint density at radius 3 is 2.05 bits per heavy atom. The predicted molar refractivity (Wildman–Crippen MR) is 90.4 cm³/mol. The molecule has 1 fully saturated rings. The number of hydrogen-bond donors (Lipinski definition) is 1. The van der Waals surface area contributed by atoms with Crippen molar-refractivity contribution in [3.05, 3.63) is 29.6 Å². The lowest BCUT2D eigenvalue weighted by Crippen LogP contribution is -2.29. The van der Waals surface area contributed by atoms with Crippen LogP contribution in [0.1, 0.15) is 82.0 Å². The lowest BCUT2D eigenvalue weighted by molar-refractivity contribution is 0.401. The largest absolute Gasteiger partial charge is 0.308 e. The smallest absolute Gasteiger partial charge is 0.0544 e. The molecule has 0 saturated heterocycles. The summed E-state index contributed by atoms with van der Waals surface area (Å²) < 4.78 is 0. The topological polar surface area (TPSA) is 24.9 Å². The summed E-state index contributed by atoms with van der Waals surface area (Å²) in [4.78, 5) is 4.60. The normalized spacial score (nSPS) is 19.7. The number of rotatable bonds is 3. The van der Waals surface area contributed by atoms with Crippen LogP contribution >= 0.6 is 0 Å². The molecule has 1 aromatic rings. The van der Waals surface area contributed by atoms with Crippen LogP contribution in [0.15, 0.2) is 18.2 Å². The fourth-order valence-electron chi connectivity index (χ4n) is 3.31. The molecular weight excluding hydrogens is 256 g/mol. The molecule has 2 heteroatoms. The molecule has 0 unspecified atom stereocenters. The van der Waals surface area contributed by atoms with Gasteiger partial charge >= 0.3 is 0 Å². The summed E-state index contributed by atoms with van der Waals surface area (Å²) in [6.07, 6.45) is 15.5. The summed E-state index contributed by atoms with van der Waals surface area (Å²) in [5.74, 6) is 0. The van der Waals surface area contributed by atoms with Gasteiger partial charge in [-0.1, -0.05) is 63.9 Å². The van der Waals surface area contributed by atoms with Crippen molar-refractivity contribution in [2.24, 2.45) is 0 Å². The van der Waals surface area contributed by atoms with Gasteiger partial charge in [-0.25, -0.2) is 0 Å². The molecule has 0 amide bonds. The third kappa shape index (κ3) is 7.08. The molecule has 0 radical (unpaired) electrons. The quantitative estimate of drug-likeness (QED) is 0.831. The SMILES string of the molecule is Cc1cccc(CNC2CCCCCCCCCCC2)n1. The first-order chi connectivity index (χ1) is 10.3. The molecule has 21 heavy (non-hydrogen) atoms. The maximum Gasteiger partial charge on any atom is 0.0544 e. The lowest BCUT2D eigenvalue weighted by atomic mass is 9.98. The van der Waals surface area contributed by atoms with Crippen molar-refractivity contribution in [2.45, 2.75) is 90.1 Å². The highest BCUT2D eigenvalue weighted by molar-refractivity contribution is 5.09. The molecule has 0 aromatic carbocycles. The van der Waals surface area contributed by atoms with E-state index in [4.69, 9.17) is 0 Å². The van der Waals surface area contributed by atoms with Crippen LogP contribution in [-0.4, -0.2) is 11.0 Å². The summed E-state index contributed by atoms with van der Waals surface area (Å²) >= 11 is 0. The number of aromatic nitrogens is 1. The molecule has 0 bridgehead atoms. The first kappa shape index (κ1) is 16.5. The molecule has 0 aliphatic heterocycles. The van der Waals surface area contributed by atoms with Crippen molar-refractivity contribution in [2.75, 3.05) is 0 Å². The van der Waals surface area contributed by atoms with Gasteiger partial charge in [-0.05, 0) is 31.9 Å². The summed E-state index contributed by atoms with van der Waals surface area (Å²) in [6, 6.07) is 7.00. The fraction of sp³-hybridized carbons (Fsp3) is 0.737. The van der Waals surface area contributed by atoms with E-state index >= 15 is 0 Å². The number of pyridine rings is 1. The molecular formula is C19H32N2. The van der Waals surface area contributed by atoms with E-state index in [1.807, 2.05) is 0 Å². The standard InChI is InChI=1S/C19H32N2/c1-17-12-11-15-19(21-17)16-20-18-13-9-7-5-3-2-4-6-8-10-14-18/h11-12,15,18,20H,2-10,13-14,16H2,1H3. The van der Waals surface area contributed by atoms with Crippen LogP contribution in [0, 0.1) is 6.92 Å². The van der Waals surface area contributed by atoms with Crippen molar-refractivity contribution in [1.29, 1.82) is 0 Å². The zero-order chi connectivity index (χ0) is 14.8. The van der Waals surface area contributed by atoms with Gasteiger partial charge in [-0.3, -0.25) is 4.98 Å². The Bertz CT molecular complexity index is 377. The third-order valence-corrected chi connectivity index (χ3v) is 4.62. The van der Waals surface area contributed by atoms with Gasteiger partial charge in [0.25, 0.3) is 0 Å². The Morgan fingerprint density at radius 2 is 1.48 bits per heavy atom. The van der Waals surface area contributed by atoms with Gasteiger partial charge < -0.3 is 5.32 Å². The van der Waals surface area contributed by atoms with Crippen molar-refractivity contribution >= 4 is 0 Å². The zero-order valence-electron chi connectivity index (χ0n) is 13.7. The van der Waals surface area contributed by atoms with Crippen molar-refractivity contribution in [3.63, 3.8) is 0 Å². The van der Waals surface area contributed by atoms with Crippen LogP contribution < -0.4 is 5.32 Å². The van der Waals surface area contributed by atoms with Crippen LogP contribution in [0.2, 0.25) is 0 Å². The minimum atomic E-state index is 0.687. The zero-order valence-corrected chi connectivity index (χ0v) is 13.7. The summed E-state index contributed by atoms with van der Waals surface area (Å²) in [5.41, 5.74) is 2.30. The second-order valence-corrected chi connectivity index (χ2v) is 6.61. The van der Waals surface area contributed by atoms with Crippen LogP contribution in [0.3, 0.4) is 0 Å². The first-order valence-electron chi connectivity index (χ1n) is 9.00. The first-order valence-corrected chi connectivity index (χ1v) is 9.00. The van der Waals surface area contributed by atoms with Gasteiger partial charge in [-0.2, -0.15) is 0 Å². The van der Waals surface area contributed by atoms with Crippen molar-refractivity contribution < 1.29 is 0 Å². The molecule has 1 N–H and O–H groups in total. The molecule has 118 valence electrons. The average Bonchev–Trinajstić information content (AvgIpc) is 2.47. The minimum absolute atomic E-state index is 0.687. The maximum atomic E-state index is 4.60. The number of nitrogens with zero attached hydrogens (tertiary/aromatic N) is 1. The molecule has 0 spiro atoms. The van der Waals surface area contributed by atoms with E-state index < -0.39 is 0 Å². The van der Waals surface area contributed by atoms with Crippen LogP contribution in [0.5, 0.6) is 0 Å². The van der Waals surface area contributed by atoms with Gasteiger partial charge in [-0.15, -0.1) is 0 Å². The summed E-state index contributed by atoms with van der Waals surface area (Å²) in [6.45, 7) is 2.99. The van der Waals surface area contributed by atoms with Gasteiger partial charge in [0.15, 0.2) is 0 Å². The fourth-order valence-corrected chi connectivity index (χ4v) is 3.31. The van der Waals surface area contributed by atoms with E-state index in [2.05, 4.69) is 35.4 Å². The van der Waals surface area contributed by atoms with E-state index in [0.717, 1.165) is 12.2 Å². The Balaban J connectivity index is 1.77. The molecule has 1 aliphatic rings. The monoisotopic (exact) mass is 288 g/mol. The average molecular weight is 288 g/mol. The molecule has 1 heterocycles. The highest BCUT2D eigenvalue weighted by Gasteiger charge is 2.09. The third-order valence-electron chi connectivity index (χ3n) is 4.62. The molecule has 2 nitrogen and oxygen atoms in total. The molecule has 1 aromatic heterocycles. The highest BCUT2D eigenvalue weighted by Crippen LogP contribution is 2.17. The van der Waals surface area contributed by atoms with E-state index in [0.29, 0.717) is 6.04 Å². The van der Waals surface area contributed by atoms with Crippen LogP contribution in [0.4, 0.5) is 0 Å². The van der Waals surface area contributed by atoms with Gasteiger partial charge in [0, 0.05) is 18.3 Å². The summed E-state index contributed by atoms with van der Waals surface area (Å²) in [7, 11) is 0. The maximum absolute atomic E-state index is 4.60. The highest BCUT2D eigenvalue weighted by atomic mass is 14.9. The molecule has 1 aliphatic carbocycles.